The second-order valence-electron chi connectivity index (χ2n) is 6.68. The summed E-state index contributed by atoms with van der Waals surface area (Å²) in [7, 11) is -2.09. The summed E-state index contributed by atoms with van der Waals surface area (Å²) in [5.41, 5.74) is 1.01. The molecule has 134 valence electrons. The van der Waals surface area contributed by atoms with Crippen LogP contribution in [0.2, 0.25) is 0 Å². The van der Waals surface area contributed by atoms with Gasteiger partial charge in [-0.1, -0.05) is 17.7 Å². The summed E-state index contributed by atoms with van der Waals surface area (Å²) in [5, 5.41) is 0. The minimum atomic E-state index is -3.70. The summed E-state index contributed by atoms with van der Waals surface area (Å²) in [5.74, 6) is -0.177. The highest BCUT2D eigenvalue weighted by Crippen LogP contribution is 2.32. The lowest BCUT2D eigenvalue weighted by Crippen LogP contribution is -2.62. The van der Waals surface area contributed by atoms with E-state index in [9.17, 15) is 13.2 Å². The fourth-order valence-electron chi connectivity index (χ4n) is 3.05. The molecule has 1 aromatic heterocycles. The van der Waals surface area contributed by atoms with Crippen LogP contribution in [-0.2, 0) is 14.8 Å². The number of nitrogens with zero attached hydrogens (tertiary/aromatic N) is 2. The first kappa shape index (κ1) is 17.7. The van der Waals surface area contributed by atoms with Crippen molar-refractivity contribution in [3.8, 4) is 0 Å². The lowest BCUT2D eigenvalue weighted by molar-refractivity contribution is -0.0343. The van der Waals surface area contributed by atoms with Crippen LogP contribution >= 0.6 is 0 Å². The van der Waals surface area contributed by atoms with Crippen molar-refractivity contribution in [2.45, 2.75) is 30.7 Å². The molecule has 1 atom stereocenters. The van der Waals surface area contributed by atoms with Gasteiger partial charge in [0.15, 0.2) is 0 Å². The van der Waals surface area contributed by atoms with E-state index < -0.39 is 10.0 Å². The van der Waals surface area contributed by atoms with Crippen LogP contribution in [0.4, 0.5) is 0 Å². The van der Waals surface area contributed by atoms with Crippen LogP contribution in [0.25, 0.3) is 0 Å². The third kappa shape index (κ3) is 3.09. The molecule has 0 bridgehead atoms. The quantitative estimate of drug-likeness (QED) is 0.818. The second-order valence-corrected chi connectivity index (χ2v) is 8.53. The van der Waals surface area contributed by atoms with Gasteiger partial charge < -0.3 is 9.64 Å². The van der Waals surface area contributed by atoms with E-state index in [1.165, 1.54) is 12.4 Å². The van der Waals surface area contributed by atoms with E-state index in [1.54, 1.807) is 42.3 Å². The zero-order valence-electron chi connectivity index (χ0n) is 14.6. The maximum absolute atomic E-state index is 12.7. The number of hydrogen-bond donors (Lipinski definition) is 0. The fraction of sp³-hybridized carbons (Fsp3) is 0.389. The Kier molecular flexibility index (Phi) is 4.47. The number of rotatable bonds is 5. The molecule has 1 amide bonds. The minimum Gasteiger partial charge on any atom is -0.382 e. The average Bonchev–Trinajstić information content (AvgIpc) is 3.05. The molecule has 1 unspecified atom stereocenters. The van der Waals surface area contributed by atoms with Gasteiger partial charge in [0.25, 0.3) is 15.9 Å². The largest absolute Gasteiger partial charge is 0.382 e. The molecule has 2 heterocycles. The Morgan fingerprint density at radius 3 is 2.48 bits per heavy atom. The van der Waals surface area contributed by atoms with Crippen molar-refractivity contribution >= 4 is 15.9 Å². The van der Waals surface area contributed by atoms with Crippen molar-refractivity contribution in [3.63, 3.8) is 0 Å². The van der Waals surface area contributed by atoms with Gasteiger partial charge in [0, 0.05) is 26.0 Å². The van der Waals surface area contributed by atoms with E-state index in [-0.39, 0.29) is 16.3 Å². The highest BCUT2D eigenvalue weighted by molar-refractivity contribution is 7.90. The van der Waals surface area contributed by atoms with E-state index in [0.717, 1.165) is 16.0 Å². The monoisotopic (exact) mass is 362 g/mol. The topological polar surface area (TPSA) is 68.6 Å². The zero-order chi connectivity index (χ0) is 18.2. The van der Waals surface area contributed by atoms with Crippen LogP contribution in [0.1, 0.15) is 29.3 Å². The fourth-order valence-corrected chi connectivity index (χ4v) is 4.25. The molecule has 0 radical (unpaired) electrons. The van der Waals surface area contributed by atoms with Crippen LogP contribution in [0, 0.1) is 6.92 Å². The normalized spacial score (nSPS) is 20.4. The molecule has 1 aliphatic rings. The zero-order valence-corrected chi connectivity index (χ0v) is 15.4. The predicted octanol–water partition coefficient (Wildman–Crippen LogP) is 2.28. The highest BCUT2D eigenvalue weighted by Gasteiger charge is 2.44. The molecule has 0 N–H and O–H groups in total. The van der Waals surface area contributed by atoms with Gasteiger partial charge in [0.1, 0.15) is 0 Å². The third-order valence-corrected chi connectivity index (χ3v) is 6.39. The van der Waals surface area contributed by atoms with Crippen molar-refractivity contribution in [1.82, 2.24) is 8.87 Å². The molecular weight excluding hydrogens is 340 g/mol. The first-order chi connectivity index (χ1) is 11.8. The average molecular weight is 362 g/mol. The lowest BCUT2D eigenvalue weighted by atomic mass is 9.87. The van der Waals surface area contributed by atoms with E-state index in [1.807, 2.05) is 13.8 Å². The van der Waals surface area contributed by atoms with Gasteiger partial charge in [-0.15, -0.1) is 0 Å². The second kappa shape index (κ2) is 6.31. The van der Waals surface area contributed by atoms with Gasteiger partial charge in [0.2, 0.25) is 0 Å². The molecule has 2 aromatic rings. The molecule has 1 aliphatic heterocycles. The van der Waals surface area contributed by atoms with E-state index >= 15 is 0 Å². The number of benzene rings is 1. The third-order valence-electron chi connectivity index (χ3n) is 4.74. The minimum absolute atomic E-state index is 0.177. The molecular formula is C18H22N2O4S. The van der Waals surface area contributed by atoms with Gasteiger partial charge in [-0.3, -0.25) is 4.79 Å². The Hall–Kier alpha value is -2.12. The summed E-state index contributed by atoms with van der Waals surface area (Å²) >= 11 is 0. The standard InChI is InChI=1S/C18H22N2O4S/c1-14-4-6-16(7-5-14)25(22,23)19-10-8-15(12-19)17(21)20-11-9-18(20,2)13-24-3/h4-8,10,12H,9,11,13H2,1-3H3. The van der Waals surface area contributed by atoms with Crippen LogP contribution in [0.15, 0.2) is 47.6 Å². The van der Waals surface area contributed by atoms with Gasteiger partial charge >= 0.3 is 0 Å². The number of likely N-dealkylation sites (tertiary alicyclic amines) is 1. The number of carbonyl (C=O) groups excluding carboxylic acids is 1. The SMILES string of the molecule is COCC1(C)CCN1C(=O)c1ccn(S(=O)(=O)c2ccc(C)cc2)c1. The first-order valence-electron chi connectivity index (χ1n) is 8.09. The molecule has 0 aliphatic carbocycles. The van der Waals surface area contributed by atoms with Gasteiger partial charge in [-0.2, -0.15) is 0 Å². The number of amides is 1. The van der Waals surface area contributed by atoms with E-state index in [2.05, 4.69) is 0 Å². The Bertz CT molecular complexity index is 886. The first-order valence-corrected chi connectivity index (χ1v) is 9.53. The van der Waals surface area contributed by atoms with Gasteiger partial charge in [0.05, 0.1) is 22.6 Å². The van der Waals surface area contributed by atoms with E-state index in [0.29, 0.717) is 18.7 Å². The number of methoxy groups -OCH3 is 1. The number of aromatic nitrogens is 1. The molecule has 1 saturated heterocycles. The van der Waals surface area contributed by atoms with Gasteiger partial charge in [-0.05, 0) is 38.5 Å². The summed E-state index contributed by atoms with van der Waals surface area (Å²) in [6.45, 7) is 4.97. The number of carbonyl (C=O) groups is 1. The lowest BCUT2D eigenvalue weighted by Gasteiger charge is -2.50. The van der Waals surface area contributed by atoms with Crippen LogP contribution < -0.4 is 0 Å². The summed E-state index contributed by atoms with van der Waals surface area (Å²) in [4.78, 5) is 14.6. The Morgan fingerprint density at radius 1 is 1.24 bits per heavy atom. The maximum Gasteiger partial charge on any atom is 0.267 e. The number of hydrogen-bond acceptors (Lipinski definition) is 4. The molecule has 1 fully saturated rings. The summed E-state index contributed by atoms with van der Waals surface area (Å²) in [6.07, 6.45) is 3.66. The summed E-state index contributed by atoms with van der Waals surface area (Å²) < 4.78 is 31.7. The molecule has 0 saturated carbocycles. The van der Waals surface area contributed by atoms with Crippen LogP contribution in [-0.4, -0.2) is 49.0 Å². The number of ether oxygens (including phenoxy) is 1. The number of aryl methyl sites for hydroxylation is 1. The van der Waals surface area contributed by atoms with Gasteiger partial charge in [-0.25, -0.2) is 12.4 Å². The summed E-state index contributed by atoms with van der Waals surface area (Å²) in [6, 6.07) is 8.17. The molecule has 3 rings (SSSR count). The van der Waals surface area contributed by atoms with Crippen LogP contribution in [0.3, 0.4) is 0 Å². The maximum atomic E-state index is 12.7. The van der Waals surface area contributed by atoms with Crippen molar-refractivity contribution in [2.24, 2.45) is 0 Å². The Labute approximate surface area is 148 Å². The predicted molar refractivity (Wildman–Crippen MR) is 94.1 cm³/mol. The van der Waals surface area contributed by atoms with Crippen molar-refractivity contribution in [3.05, 3.63) is 53.9 Å². The molecule has 0 spiro atoms. The van der Waals surface area contributed by atoms with Crippen molar-refractivity contribution in [1.29, 1.82) is 0 Å². The molecule has 1 aromatic carbocycles. The van der Waals surface area contributed by atoms with Crippen molar-refractivity contribution < 1.29 is 17.9 Å². The smallest absolute Gasteiger partial charge is 0.267 e. The Balaban J connectivity index is 1.85. The Morgan fingerprint density at radius 2 is 1.92 bits per heavy atom. The van der Waals surface area contributed by atoms with E-state index in [4.69, 9.17) is 4.74 Å². The molecule has 7 heteroatoms. The molecule has 6 nitrogen and oxygen atoms in total. The highest BCUT2D eigenvalue weighted by atomic mass is 32.2. The van der Waals surface area contributed by atoms with Crippen molar-refractivity contribution in [2.75, 3.05) is 20.3 Å². The molecule has 25 heavy (non-hydrogen) atoms. The van der Waals surface area contributed by atoms with Crippen LogP contribution in [0.5, 0.6) is 0 Å².